The molecule has 3 unspecified atom stereocenters. The van der Waals surface area contributed by atoms with Crippen LogP contribution in [0, 0.1) is 17.8 Å². The van der Waals surface area contributed by atoms with Crippen molar-refractivity contribution in [2.45, 2.75) is 43.7 Å². The molecule has 2 aromatic carbocycles. The lowest BCUT2D eigenvalue weighted by atomic mass is 9.52. The Morgan fingerprint density at radius 1 is 0.909 bits per heavy atom. The minimum absolute atomic E-state index is 0.00960. The lowest BCUT2D eigenvalue weighted by Crippen LogP contribution is -2.62. The van der Waals surface area contributed by atoms with Gasteiger partial charge in [-0.25, -0.2) is 18.3 Å². The van der Waals surface area contributed by atoms with Crippen molar-refractivity contribution < 1.29 is 27.9 Å². The molecule has 2 aromatic rings. The number of nitrogens with zero attached hydrogens (tertiary/aromatic N) is 4. The first-order chi connectivity index (χ1) is 21.2. The standard InChI is InChI=1S/C32H43N5O6S/c1-42-16-17-44(40,41)35-12-10-34(11-13-35)26-6-8-27(9-7-26)36-14-15-37(29-5-3-2-4-28(29)36)43-31(38)33-30-24-18-23-19-25(30)22-32(39,20-23)21-24/h2-9,23-25,30,39H,10-22H2,1H3,(H,33,38)/t23?,24-,25+,30?,32?. The number of fused-ring (bicyclic) bond motifs is 1. The number of methoxy groups -OCH3 is 1. The van der Waals surface area contributed by atoms with Crippen molar-refractivity contribution in [1.29, 1.82) is 0 Å². The molecule has 0 radical (unpaired) electrons. The van der Waals surface area contributed by atoms with Gasteiger partial charge in [0.1, 0.15) is 0 Å². The first kappa shape index (κ1) is 29.6. The van der Waals surface area contributed by atoms with Crippen molar-refractivity contribution in [3.05, 3.63) is 48.5 Å². The van der Waals surface area contributed by atoms with Gasteiger partial charge >= 0.3 is 6.09 Å². The highest BCUT2D eigenvalue weighted by Crippen LogP contribution is 2.55. The average Bonchev–Trinajstić information content (AvgIpc) is 3.01. The zero-order valence-corrected chi connectivity index (χ0v) is 26.1. The fourth-order valence-electron chi connectivity index (χ4n) is 8.56. The molecule has 6 aliphatic rings. The van der Waals surface area contributed by atoms with Crippen molar-refractivity contribution in [2.75, 3.05) is 73.6 Å². The van der Waals surface area contributed by atoms with Crippen LogP contribution in [-0.2, 0) is 19.6 Å². The number of para-hydroxylation sites is 2. The molecule has 8 rings (SSSR count). The molecular weight excluding hydrogens is 582 g/mol. The number of hydrogen-bond acceptors (Lipinski definition) is 9. The van der Waals surface area contributed by atoms with Crippen LogP contribution < -0.4 is 20.2 Å². The van der Waals surface area contributed by atoms with Crippen LogP contribution in [0.5, 0.6) is 0 Å². The van der Waals surface area contributed by atoms with Gasteiger partial charge in [-0.15, -0.1) is 0 Å². The molecule has 2 heterocycles. The minimum atomic E-state index is -3.30. The van der Waals surface area contributed by atoms with Gasteiger partial charge in [0, 0.05) is 57.3 Å². The fourth-order valence-corrected chi connectivity index (χ4v) is 9.92. The van der Waals surface area contributed by atoms with E-state index in [-0.39, 0.29) is 18.4 Å². The van der Waals surface area contributed by atoms with Crippen LogP contribution in [0.4, 0.5) is 27.5 Å². The van der Waals surface area contributed by atoms with Gasteiger partial charge in [-0.05, 0) is 86.3 Å². The van der Waals surface area contributed by atoms with Crippen LogP contribution in [-0.4, -0.2) is 94.3 Å². The molecule has 1 amide bonds. The molecule has 238 valence electrons. The molecule has 4 aliphatic carbocycles. The van der Waals surface area contributed by atoms with Crippen molar-refractivity contribution >= 4 is 38.9 Å². The lowest BCUT2D eigenvalue weighted by molar-refractivity contribution is -0.137. The SMILES string of the molecule is COCCS(=O)(=O)N1CCN(c2ccc(N3CCN(OC(=O)NC4[C@@H]5CC6C[C@H]4CC(O)(C6)C5)c4ccccc43)cc2)CC1. The van der Waals surface area contributed by atoms with E-state index in [0.717, 1.165) is 54.9 Å². The highest BCUT2D eigenvalue weighted by molar-refractivity contribution is 7.89. The summed E-state index contributed by atoms with van der Waals surface area (Å²) in [4.78, 5) is 23.5. The molecule has 12 heteroatoms. The topological polar surface area (TPSA) is 115 Å². The zero-order chi connectivity index (χ0) is 30.5. The Hall–Kier alpha value is -3.06. The molecule has 44 heavy (non-hydrogen) atoms. The number of anilines is 4. The van der Waals surface area contributed by atoms with Gasteiger partial charge in [0.2, 0.25) is 10.0 Å². The number of nitrogens with one attached hydrogen (secondary N) is 1. The number of amides is 1. The Kier molecular flexibility index (Phi) is 7.88. The number of hydrogen-bond donors (Lipinski definition) is 2. The number of aliphatic hydroxyl groups is 1. The number of carbonyl (C=O) groups is 1. The molecule has 5 fully saturated rings. The smallest absolute Gasteiger partial charge is 0.390 e. The number of piperazine rings is 1. The Morgan fingerprint density at radius 3 is 2.23 bits per heavy atom. The van der Waals surface area contributed by atoms with E-state index >= 15 is 0 Å². The highest BCUT2D eigenvalue weighted by atomic mass is 32.2. The molecule has 11 nitrogen and oxygen atoms in total. The van der Waals surface area contributed by atoms with Gasteiger partial charge < -0.3 is 29.8 Å². The van der Waals surface area contributed by atoms with Crippen molar-refractivity contribution in [3.63, 3.8) is 0 Å². The van der Waals surface area contributed by atoms with Crippen LogP contribution in [0.3, 0.4) is 0 Å². The third-order valence-electron chi connectivity index (χ3n) is 10.4. The number of benzene rings is 2. The van der Waals surface area contributed by atoms with Crippen LogP contribution in [0.2, 0.25) is 0 Å². The van der Waals surface area contributed by atoms with E-state index in [2.05, 4.69) is 39.4 Å². The Bertz CT molecular complexity index is 1450. The Balaban J connectivity index is 0.979. The zero-order valence-electron chi connectivity index (χ0n) is 25.3. The molecule has 5 atom stereocenters. The van der Waals surface area contributed by atoms with Gasteiger partial charge in [0.25, 0.3) is 0 Å². The molecule has 2 N–H and O–H groups in total. The monoisotopic (exact) mass is 625 g/mol. The summed E-state index contributed by atoms with van der Waals surface area (Å²) in [6, 6.07) is 16.4. The molecular formula is C32H43N5O6S. The molecule has 1 saturated heterocycles. The van der Waals surface area contributed by atoms with E-state index in [1.54, 1.807) is 9.37 Å². The highest BCUT2D eigenvalue weighted by Gasteiger charge is 2.55. The summed E-state index contributed by atoms with van der Waals surface area (Å²) in [6.45, 7) is 3.56. The lowest BCUT2D eigenvalue weighted by Gasteiger charge is -2.57. The van der Waals surface area contributed by atoms with Crippen LogP contribution >= 0.6 is 0 Å². The fraction of sp³-hybridized carbons (Fsp3) is 0.594. The summed E-state index contributed by atoms with van der Waals surface area (Å²) in [5.74, 6) is 1.24. The van der Waals surface area contributed by atoms with E-state index in [4.69, 9.17) is 9.57 Å². The molecule has 0 spiro atoms. The Morgan fingerprint density at radius 2 is 1.57 bits per heavy atom. The minimum Gasteiger partial charge on any atom is -0.390 e. The number of ether oxygens (including phenoxy) is 1. The van der Waals surface area contributed by atoms with E-state index < -0.39 is 21.7 Å². The second kappa shape index (κ2) is 11.7. The van der Waals surface area contributed by atoms with Gasteiger partial charge in [0.05, 0.1) is 35.9 Å². The Labute approximate surface area is 259 Å². The molecule has 4 saturated carbocycles. The summed E-state index contributed by atoms with van der Waals surface area (Å²) in [7, 11) is -1.79. The number of hydroxylamine groups is 1. The molecule has 0 aromatic heterocycles. The molecule has 2 aliphatic heterocycles. The summed E-state index contributed by atoms with van der Waals surface area (Å²) < 4.78 is 31.6. The van der Waals surface area contributed by atoms with E-state index in [1.165, 1.54) is 7.11 Å². The average molecular weight is 626 g/mol. The van der Waals surface area contributed by atoms with Crippen LogP contribution in [0.25, 0.3) is 0 Å². The second-order valence-corrected chi connectivity index (χ2v) is 15.3. The first-order valence-electron chi connectivity index (χ1n) is 15.9. The quantitative estimate of drug-likeness (QED) is 0.456. The third kappa shape index (κ3) is 5.73. The van der Waals surface area contributed by atoms with Gasteiger partial charge in [-0.1, -0.05) is 12.1 Å². The van der Waals surface area contributed by atoms with Crippen molar-refractivity contribution in [1.82, 2.24) is 9.62 Å². The predicted molar refractivity (Wildman–Crippen MR) is 169 cm³/mol. The van der Waals surface area contributed by atoms with E-state index in [1.807, 2.05) is 24.3 Å². The largest absolute Gasteiger partial charge is 0.431 e. The van der Waals surface area contributed by atoms with Gasteiger partial charge in [0.15, 0.2) is 0 Å². The normalized spacial score (nSPS) is 29.9. The summed E-state index contributed by atoms with van der Waals surface area (Å²) in [6.07, 6.45) is 4.21. The van der Waals surface area contributed by atoms with Gasteiger partial charge in [-0.2, -0.15) is 4.31 Å². The summed E-state index contributed by atoms with van der Waals surface area (Å²) in [5, 5.41) is 15.8. The summed E-state index contributed by atoms with van der Waals surface area (Å²) in [5.41, 5.74) is 3.37. The van der Waals surface area contributed by atoms with Crippen molar-refractivity contribution in [2.24, 2.45) is 17.8 Å². The molecule has 4 bridgehead atoms. The van der Waals surface area contributed by atoms with E-state index in [9.17, 15) is 18.3 Å². The van der Waals surface area contributed by atoms with E-state index in [0.29, 0.717) is 57.0 Å². The van der Waals surface area contributed by atoms with Crippen molar-refractivity contribution in [3.8, 4) is 0 Å². The van der Waals surface area contributed by atoms with Gasteiger partial charge in [-0.3, -0.25) is 0 Å². The second-order valence-electron chi connectivity index (χ2n) is 13.2. The third-order valence-corrected chi connectivity index (χ3v) is 12.2. The number of sulfonamides is 1. The first-order valence-corrected chi connectivity index (χ1v) is 17.5. The number of rotatable bonds is 8. The maximum Gasteiger partial charge on any atom is 0.431 e. The maximum atomic E-state index is 13.2. The number of carbonyl (C=O) groups excluding carboxylic acids is 1. The predicted octanol–water partition coefficient (Wildman–Crippen LogP) is 3.32. The summed E-state index contributed by atoms with van der Waals surface area (Å²) >= 11 is 0. The van der Waals surface area contributed by atoms with Crippen LogP contribution in [0.15, 0.2) is 48.5 Å². The maximum absolute atomic E-state index is 13.2. The van der Waals surface area contributed by atoms with Crippen LogP contribution in [0.1, 0.15) is 32.1 Å².